The van der Waals surface area contributed by atoms with E-state index in [2.05, 4.69) is 62.3 Å². The zero-order valence-electron chi connectivity index (χ0n) is 28.9. The maximum absolute atomic E-state index is 2.50. The van der Waals surface area contributed by atoms with E-state index in [9.17, 15) is 0 Å². The maximum Gasteiger partial charge on any atom is 0.262 e. The molecule has 0 rings (SSSR count). The largest absolute Gasteiger partial charge is 0.262 e. The monoisotopic (exact) mass is 565 g/mol. The second-order valence-electron chi connectivity index (χ2n) is 13.7. The van der Waals surface area contributed by atoms with E-state index in [4.69, 9.17) is 0 Å². The summed E-state index contributed by atoms with van der Waals surface area (Å²) < 4.78 is 0. The van der Waals surface area contributed by atoms with Gasteiger partial charge in [0.1, 0.15) is 0 Å². The van der Waals surface area contributed by atoms with Crippen LogP contribution in [0.15, 0.2) is 0 Å². The fourth-order valence-electron chi connectivity index (χ4n) is 6.84. The molecule has 0 N–H and O–H groups in total. The van der Waals surface area contributed by atoms with Gasteiger partial charge in [0.15, 0.2) is 0 Å². The number of hydrogen-bond acceptors (Lipinski definition) is 0. The minimum atomic E-state index is -0.502. The Morgan fingerprint density at radius 2 is 0.632 bits per heavy atom. The lowest BCUT2D eigenvalue weighted by molar-refractivity contribution is 0.528. The molecule has 0 spiro atoms. The summed E-state index contributed by atoms with van der Waals surface area (Å²) in [7, 11) is 0. The zero-order chi connectivity index (χ0) is 28.9. The molecule has 0 nitrogen and oxygen atoms in total. The van der Waals surface area contributed by atoms with Crippen LogP contribution in [0.3, 0.4) is 0 Å². The van der Waals surface area contributed by atoms with Crippen molar-refractivity contribution in [3.05, 3.63) is 0 Å². The molecule has 3 unspecified atom stereocenters. The molecule has 0 aromatic heterocycles. The third-order valence-corrected chi connectivity index (χ3v) is 17.0. The van der Waals surface area contributed by atoms with E-state index < -0.39 is 14.1 Å². The molecule has 0 aromatic carbocycles. The zero-order valence-corrected chi connectivity index (χ0v) is 31.2. The molecule has 228 valence electrons. The summed E-state index contributed by atoms with van der Waals surface area (Å²) in [5.74, 6) is 2.97. The first kappa shape index (κ1) is 41.2. The van der Waals surface area contributed by atoms with Crippen LogP contribution < -0.4 is 0 Å². The van der Waals surface area contributed by atoms with Crippen LogP contribution in [0.4, 0.5) is 0 Å². The van der Waals surface area contributed by atoms with E-state index in [0.717, 1.165) is 17.8 Å². The van der Waals surface area contributed by atoms with Crippen LogP contribution in [-0.4, -0.2) is 28.3 Å². The van der Waals surface area contributed by atoms with Gasteiger partial charge in [-0.3, -0.25) is 0 Å². The Hall–Kier alpha value is 1.06. The molecule has 0 saturated heterocycles. The van der Waals surface area contributed by atoms with Crippen LogP contribution in [0.1, 0.15) is 178 Å². The van der Waals surface area contributed by atoms with E-state index in [0.29, 0.717) is 0 Å². The lowest BCUT2D eigenvalue weighted by atomic mass is 10.1. The Labute approximate surface area is 254 Å². The van der Waals surface area contributed by atoms with Gasteiger partial charge in [-0.2, -0.15) is 0 Å². The lowest BCUT2D eigenvalue weighted by Gasteiger charge is -2.22. The second-order valence-corrected chi connectivity index (χ2v) is 20.3. The molecular weight excluding hydrogens is 486 g/mol. The van der Waals surface area contributed by atoms with Crippen LogP contribution in [0.2, 0.25) is 31.7 Å². The average Bonchev–Trinajstić information content (AvgIpc) is 2.87. The molecular formula is C36H78Al2. The highest BCUT2D eigenvalue weighted by molar-refractivity contribution is 6.59. The van der Waals surface area contributed by atoms with Gasteiger partial charge in [-0.1, -0.05) is 227 Å². The highest BCUT2D eigenvalue weighted by Crippen LogP contribution is 2.27. The van der Waals surface area contributed by atoms with Crippen molar-refractivity contribution in [1.82, 2.24) is 0 Å². The summed E-state index contributed by atoms with van der Waals surface area (Å²) in [5.41, 5.74) is 0. The Bertz CT molecular complexity index is 362. The van der Waals surface area contributed by atoms with Crippen LogP contribution >= 0.6 is 0 Å². The van der Waals surface area contributed by atoms with E-state index in [1.165, 1.54) is 96.3 Å². The maximum atomic E-state index is 2.50. The normalized spacial score (nSPS) is 13.5. The Kier molecular flexibility index (Phi) is 35.3. The van der Waals surface area contributed by atoms with Crippen LogP contribution in [-0.2, 0) is 0 Å². The average molecular weight is 565 g/mol. The molecule has 0 fully saturated rings. The van der Waals surface area contributed by atoms with Gasteiger partial charge in [-0.15, -0.1) is 0 Å². The van der Waals surface area contributed by atoms with Crippen LogP contribution in [0.5, 0.6) is 0 Å². The van der Waals surface area contributed by atoms with Gasteiger partial charge >= 0.3 is 0 Å². The number of rotatable bonds is 27. The summed E-state index contributed by atoms with van der Waals surface area (Å²) in [6.45, 7) is 21.5. The van der Waals surface area contributed by atoms with Crippen molar-refractivity contribution < 1.29 is 0 Å². The summed E-state index contributed by atoms with van der Waals surface area (Å²) in [5, 5.41) is 9.77. The second kappa shape index (κ2) is 32.6. The fraction of sp³-hybridized carbons (Fsp3) is 1.00. The molecule has 0 aliphatic rings. The standard InChI is InChI=1S/6C6H13.2Al/c3*1-4-5-6(2)3;3*1-3-5-6-4-2;;/h3*6H,2,4-5H2,1,3H3;3*1,3-6H2,2H3;;. The van der Waals surface area contributed by atoms with Crippen LogP contribution in [0.25, 0.3) is 0 Å². The van der Waals surface area contributed by atoms with Crippen molar-refractivity contribution in [3.8, 4) is 0 Å². The minimum absolute atomic E-state index is 0.362. The van der Waals surface area contributed by atoms with Gasteiger partial charge in [0.2, 0.25) is 0 Å². The van der Waals surface area contributed by atoms with Gasteiger partial charge in [0, 0.05) is 0 Å². The molecule has 38 heavy (non-hydrogen) atoms. The molecule has 2 heteroatoms. The molecule has 0 aromatic rings. The third-order valence-electron chi connectivity index (χ3n) is 8.95. The quantitative estimate of drug-likeness (QED) is 0.0687. The van der Waals surface area contributed by atoms with Crippen LogP contribution in [0, 0.1) is 17.8 Å². The van der Waals surface area contributed by atoms with Gasteiger partial charge < -0.3 is 0 Å². The summed E-state index contributed by atoms with van der Waals surface area (Å²) in [6.07, 6.45) is 26.2. The summed E-state index contributed by atoms with van der Waals surface area (Å²) in [4.78, 5) is 0. The molecule has 0 heterocycles. The molecule has 0 amide bonds. The van der Waals surface area contributed by atoms with Gasteiger partial charge in [-0.25, -0.2) is 0 Å². The highest BCUT2D eigenvalue weighted by atomic mass is 27.2. The third kappa shape index (κ3) is 30.0. The lowest BCUT2D eigenvalue weighted by Crippen LogP contribution is -2.22. The minimum Gasteiger partial charge on any atom is -0.0939 e. The van der Waals surface area contributed by atoms with Crippen molar-refractivity contribution in [3.63, 3.8) is 0 Å². The molecule has 0 aliphatic carbocycles. The first-order valence-corrected chi connectivity index (χ1v) is 23.3. The van der Waals surface area contributed by atoms with Crippen molar-refractivity contribution in [1.29, 1.82) is 0 Å². The molecule has 0 saturated carbocycles. The van der Waals surface area contributed by atoms with Gasteiger partial charge in [-0.05, 0) is 0 Å². The predicted molar refractivity (Wildman–Crippen MR) is 185 cm³/mol. The van der Waals surface area contributed by atoms with E-state index >= 15 is 0 Å². The Balaban J connectivity index is 0. The first-order valence-electron chi connectivity index (χ1n) is 18.4. The Morgan fingerprint density at radius 3 is 0.868 bits per heavy atom. The van der Waals surface area contributed by atoms with Crippen molar-refractivity contribution in [2.24, 2.45) is 17.8 Å². The highest BCUT2D eigenvalue weighted by Gasteiger charge is 2.24. The topological polar surface area (TPSA) is 0 Å². The van der Waals surface area contributed by atoms with E-state index in [1.807, 2.05) is 0 Å². The molecule has 0 bridgehead atoms. The van der Waals surface area contributed by atoms with Crippen molar-refractivity contribution in [2.75, 3.05) is 0 Å². The molecule has 0 radical (unpaired) electrons. The number of hydrogen-bond donors (Lipinski definition) is 0. The molecule has 3 atom stereocenters. The van der Waals surface area contributed by atoms with Gasteiger partial charge in [0.25, 0.3) is 28.3 Å². The molecule has 0 aliphatic heterocycles. The van der Waals surface area contributed by atoms with Gasteiger partial charge in [0.05, 0.1) is 0 Å². The van der Waals surface area contributed by atoms with E-state index in [-0.39, 0.29) is 14.1 Å². The first-order chi connectivity index (χ1) is 18.4. The Morgan fingerprint density at radius 1 is 0.342 bits per heavy atom. The summed E-state index contributed by atoms with van der Waals surface area (Å²) in [6, 6.07) is 0. The SMILES string of the molecule is CCCC(C)[CH2][Al]([CH2]C(C)CCC)[CH2]C(C)CCC.CCCCC[CH2][Al]([CH2]CCCCC)[CH2]CCCCC. The summed E-state index contributed by atoms with van der Waals surface area (Å²) >= 11 is -0.864. The smallest absolute Gasteiger partial charge is 0.0939 e. The van der Waals surface area contributed by atoms with E-state index in [1.54, 1.807) is 51.0 Å². The number of unbranched alkanes of at least 4 members (excludes halogenated alkanes) is 9. The predicted octanol–water partition coefficient (Wildman–Crippen LogP) is 14.0. The fourth-order valence-corrected chi connectivity index (χ4v) is 15.0. The van der Waals surface area contributed by atoms with Crippen molar-refractivity contribution in [2.45, 2.75) is 210 Å². The van der Waals surface area contributed by atoms with Crippen molar-refractivity contribution >= 4 is 28.3 Å².